The highest BCUT2D eigenvalue weighted by Crippen LogP contribution is 2.24. The van der Waals surface area contributed by atoms with Crippen molar-refractivity contribution >= 4 is 11.7 Å². The zero-order valence-corrected chi connectivity index (χ0v) is 15.3. The number of aryl methyl sites for hydroxylation is 2. The Bertz CT molecular complexity index is 631. The number of hydrogen-bond acceptors (Lipinski definition) is 4. The van der Waals surface area contributed by atoms with Gasteiger partial charge in [0.15, 0.2) is 0 Å². The van der Waals surface area contributed by atoms with Gasteiger partial charge in [0.2, 0.25) is 5.91 Å². The summed E-state index contributed by atoms with van der Waals surface area (Å²) in [7, 11) is 0. The van der Waals surface area contributed by atoms with Gasteiger partial charge in [-0.1, -0.05) is 24.3 Å². The molecule has 2 fully saturated rings. The molecule has 3 atom stereocenters. The lowest BCUT2D eigenvalue weighted by atomic mass is 9.90. The molecule has 0 aliphatic carbocycles. The third kappa shape index (κ3) is 4.47. The fraction of sp³-hybridized carbons (Fsp3) is 0.600. The largest absolute Gasteiger partial charge is 0.341 e. The van der Waals surface area contributed by atoms with Crippen molar-refractivity contribution in [3.05, 3.63) is 35.4 Å². The maximum atomic E-state index is 12.8. The van der Waals surface area contributed by atoms with Crippen molar-refractivity contribution in [3.63, 3.8) is 0 Å². The van der Waals surface area contributed by atoms with Gasteiger partial charge in [-0.2, -0.15) is 0 Å². The lowest BCUT2D eigenvalue weighted by molar-refractivity contribution is -0.135. The molecule has 0 radical (unpaired) electrons. The SMILES string of the molecule is CC(=O)C1CC(C(=O)N2CCCC(CCc3ccccc3C)C2)NN1. The lowest BCUT2D eigenvalue weighted by Crippen LogP contribution is -2.49. The van der Waals surface area contributed by atoms with Crippen molar-refractivity contribution < 1.29 is 9.59 Å². The maximum absolute atomic E-state index is 12.8. The van der Waals surface area contributed by atoms with E-state index in [1.807, 2.05) is 4.90 Å². The molecule has 0 saturated carbocycles. The van der Waals surface area contributed by atoms with E-state index >= 15 is 0 Å². The first-order valence-corrected chi connectivity index (χ1v) is 9.39. The van der Waals surface area contributed by atoms with Crippen LogP contribution in [0.3, 0.4) is 0 Å². The van der Waals surface area contributed by atoms with E-state index in [9.17, 15) is 9.59 Å². The second-order valence-electron chi connectivity index (χ2n) is 7.50. The van der Waals surface area contributed by atoms with Crippen LogP contribution in [0.15, 0.2) is 24.3 Å². The Balaban J connectivity index is 1.52. The van der Waals surface area contributed by atoms with Crippen LogP contribution >= 0.6 is 0 Å². The standard InChI is InChI=1S/C20H29N3O2/c1-14-6-3-4-8-17(14)10-9-16-7-5-11-23(13-16)20(25)19-12-18(15(2)24)21-22-19/h3-4,6,8,16,18-19,21-22H,5,7,9-13H2,1-2H3. The minimum absolute atomic E-state index is 0.0811. The molecule has 1 amide bonds. The van der Waals surface area contributed by atoms with Gasteiger partial charge >= 0.3 is 0 Å². The molecule has 5 nitrogen and oxygen atoms in total. The van der Waals surface area contributed by atoms with E-state index in [2.05, 4.69) is 42.0 Å². The number of Topliss-reactive ketones (excluding diaryl/α,β-unsaturated/α-hetero) is 1. The molecule has 136 valence electrons. The number of rotatable bonds is 5. The van der Waals surface area contributed by atoms with Crippen molar-refractivity contribution in [1.82, 2.24) is 15.8 Å². The van der Waals surface area contributed by atoms with Gasteiger partial charge in [-0.15, -0.1) is 0 Å². The number of likely N-dealkylation sites (tertiary alicyclic amines) is 1. The first-order chi connectivity index (χ1) is 12.0. The first kappa shape index (κ1) is 18.1. The highest BCUT2D eigenvalue weighted by atomic mass is 16.2. The number of hydrogen-bond donors (Lipinski definition) is 2. The van der Waals surface area contributed by atoms with Gasteiger partial charge in [0, 0.05) is 13.1 Å². The number of piperidine rings is 1. The van der Waals surface area contributed by atoms with E-state index in [0.717, 1.165) is 32.4 Å². The molecular formula is C20H29N3O2. The van der Waals surface area contributed by atoms with Gasteiger partial charge in [0.05, 0.1) is 6.04 Å². The summed E-state index contributed by atoms with van der Waals surface area (Å²) in [4.78, 5) is 26.2. The number of nitrogens with zero attached hydrogens (tertiary/aromatic N) is 1. The molecule has 5 heteroatoms. The fourth-order valence-electron chi connectivity index (χ4n) is 3.96. The summed E-state index contributed by atoms with van der Waals surface area (Å²) in [5.74, 6) is 0.782. The predicted molar refractivity (Wildman–Crippen MR) is 97.9 cm³/mol. The molecule has 2 N–H and O–H groups in total. The van der Waals surface area contributed by atoms with Crippen molar-refractivity contribution in [2.75, 3.05) is 13.1 Å². The van der Waals surface area contributed by atoms with E-state index in [-0.39, 0.29) is 23.8 Å². The molecule has 1 aromatic carbocycles. The van der Waals surface area contributed by atoms with Gasteiger partial charge in [-0.25, -0.2) is 10.9 Å². The maximum Gasteiger partial charge on any atom is 0.241 e. The monoisotopic (exact) mass is 343 g/mol. The highest BCUT2D eigenvalue weighted by molar-refractivity contribution is 5.86. The third-order valence-corrected chi connectivity index (χ3v) is 5.61. The van der Waals surface area contributed by atoms with Crippen LogP contribution in [-0.4, -0.2) is 41.8 Å². The Morgan fingerprint density at radius 3 is 2.68 bits per heavy atom. The second-order valence-corrected chi connectivity index (χ2v) is 7.50. The molecular weight excluding hydrogens is 314 g/mol. The van der Waals surface area contributed by atoms with Crippen LogP contribution in [0.4, 0.5) is 0 Å². The van der Waals surface area contributed by atoms with Crippen LogP contribution < -0.4 is 10.9 Å². The molecule has 2 aliphatic rings. The average Bonchev–Trinajstić information content (AvgIpc) is 3.11. The average molecular weight is 343 g/mol. The molecule has 0 aromatic heterocycles. The summed E-state index contributed by atoms with van der Waals surface area (Å²) >= 11 is 0. The molecule has 2 aliphatic heterocycles. The Morgan fingerprint density at radius 1 is 1.20 bits per heavy atom. The van der Waals surface area contributed by atoms with E-state index in [0.29, 0.717) is 12.3 Å². The number of benzene rings is 1. The van der Waals surface area contributed by atoms with E-state index in [1.165, 1.54) is 17.5 Å². The Morgan fingerprint density at radius 2 is 1.96 bits per heavy atom. The van der Waals surface area contributed by atoms with Gasteiger partial charge in [-0.3, -0.25) is 9.59 Å². The number of ketones is 1. The summed E-state index contributed by atoms with van der Waals surface area (Å²) in [5.41, 5.74) is 8.71. The summed E-state index contributed by atoms with van der Waals surface area (Å²) < 4.78 is 0. The number of nitrogens with one attached hydrogen (secondary N) is 2. The van der Waals surface area contributed by atoms with Crippen molar-refractivity contribution in [2.24, 2.45) is 5.92 Å². The lowest BCUT2D eigenvalue weighted by Gasteiger charge is -2.34. The summed E-state index contributed by atoms with van der Waals surface area (Å²) in [6.45, 7) is 5.40. The van der Waals surface area contributed by atoms with Crippen molar-refractivity contribution in [3.8, 4) is 0 Å². The molecule has 3 unspecified atom stereocenters. The summed E-state index contributed by atoms with van der Waals surface area (Å²) in [6.07, 6.45) is 5.02. The molecule has 3 rings (SSSR count). The van der Waals surface area contributed by atoms with Gasteiger partial charge in [0.25, 0.3) is 0 Å². The van der Waals surface area contributed by atoms with Gasteiger partial charge in [0.1, 0.15) is 11.8 Å². The number of hydrazine groups is 1. The van der Waals surface area contributed by atoms with Gasteiger partial charge in [-0.05, 0) is 63.0 Å². The Kier molecular flexibility index (Phi) is 5.86. The molecule has 0 spiro atoms. The van der Waals surface area contributed by atoms with E-state index in [1.54, 1.807) is 6.92 Å². The second kappa shape index (κ2) is 8.11. The molecule has 25 heavy (non-hydrogen) atoms. The van der Waals surface area contributed by atoms with Crippen LogP contribution in [0.5, 0.6) is 0 Å². The van der Waals surface area contributed by atoms with Crippen LogP contribution in [0.25, 0.3) is 0 Å². The quantitative estimate of drug-likeness (QED) is 0.858. The van der Waals surface area contributed by atoms with Gasteiger partial charge < -0.3 is 4.90 Å². The van der Waals surface area contributed by atoms with Crippen LogP contribution in [0.2, 0.25) is 0 Å². The van der Waals surface area contributed by atoms with Crippen LogP contribution in [-0.2, 0) is 16.0 Å². The summed E-state index contributed by atoms with van der Waals surface area (Å²) in [6, 6.07) is 8.03. The first-order valence-electron chi connectivity index (χ1n) is 9.39. The van der Waals surface area contributed by atoms with Crippen molar-refractivity contribution in [2.45, 2.75) is 58.0 Å². The molecule has 0 bridgehead atoms. The molecule has 1 aromatic rings. The summed E-state index contributed by atoms with van der Waals surface area (Å²) in [5, 5.41) is 0. The normalized spacial score (nSPS) is 26.6. The number of carbonyl (C=O) groups is 2. The Labute approximate surface area is 150 Å². The fourth-order valence-corrected chi connectivity index (χ4v) is 3.96. The van der Waals surface area contributed by atoms with E-state index < -0.39 is 0 Å². The van der Waals surface area contributed by atoms with Crippen LogP contribution in [0.1, 0.15) is 43.7 Å². The van der Waals surface area contributed by atoms with Crippen LogP contribution in [0, 0.1) is 12.8 Å². The predicted octanol–water partition coefficient (Wildman–Crippen LogP) is 1.99. The van der Waals surface area contributed by atoms with E-state index in [4.69, 9.17) is 0 Å². The number of amides is 1. The van der Waals surface area contributed by atoms with Crippen molar-refractivity contribution in [1.29, 1.82) is 0 Å². The molecule has 2 heterocycles. The third-order valence-electron chi connectivity index (χ3n) is 5.61. The Hall–Kier alpha value is -1.72. The highest BCUT2D eigenvalue weighted by Gasteiger charge is 2.35. The molecule has 2 saturated heterocycles. The minimum Gasteiger partial charge on any atom is -0.341 e. The minimum atomic E-state index is -0.274. The number of carbonyl (C=O) groups excluding carboxylic acids is 2. The zero-order valence-electron chi connectivity index (χ0n) is 15.3. The zero-order chi connectivity index (χ0) is 17.8. The topological polar surface area (TPSA) is 61.4 Å². The smallest absolute Gasteiger partial charge is 0.241 e.